The molecule has 3 saturated heterocycles. The standard InChI is InChI=1S/C34H54N2O10/c1-11-24-34(8)28-20(4)25(37)18(2)17-33(7,42-15-13-12-14-36(28)32(41)46-34)29(21(5)26(38)22(6)30(40)44-24)45-31-27(39)23(35(9)10)16-19(3)43-31/h12-13,18-24,27-29,31,39H,11,14-17H2,1-10H3/b13-12-/t18-,19+,20-,21-,22+,23-,24+,27+,28-,29+,31-,33+,34+/m0/s1. The summed E-state index contributed by atoms with van der Waals surface area (Å²) < 4.78 is 31.2. The average molecular weight is 651 g/mol. The lowest BCUT2D eigenvalue weighted by Crippen LogP contribution is -2.60. The minimum Gasteiger partial charge on any atom is -0.458 e. The summed E-state index contributed by atoms with van der Waals surface area (Å²) in [4.78, 5) is 58.8. The molecule has 46 heavy (non-hydrogen) atoms. The Labute approximate surface area is 273 Å². The molecule has 0 aromatic heterocycles. The molecule has 0 radical (unpaired) electrons. The number of Topliss-reactive ketones (excluding diaryl/α,β-unsaturated/α-hetero) is 2. The Bertz CT molecular complexity index is 1190. The molecule has 2 bridgehead atoms. The van der Waals surface area contributed by atoms with Crippen molar-refractivity contribution in [3.63, 3.8) is 0 Å². The Morgan fingerprint density at radius 3 is 2.33 bits per heavy atom. The van der Waals surface area contributed by atoms with Crippen molar-refractivity contribution in [1.29, 1.82) is 0 Å². The van der Waals surface area contributed by atoms with Crippen LogP contribution in [0.1, 0.15) is 74.7 Å². The number of rotatable bonds is 4. The van der Waals surface area contributed by atoms with Crippen molar-refractivity contribution >= 4 is 23.6 Å². The van der Waals surface area contributed by atoms with Gasteiger partial charge in [-0.1, -0.05) is 39.8 Å². The van der Waals surface area contributed by atoms with Gasteiger partial charge in [0.15, 0.2) is 17.7 Å². The summed E-state index contributed by atoms with van der Waals surface area (Å²) in [7, 11) is 3.75. The van der Waals surface area contributed by atoms with Crippen LogP contribution in [0.15, 0.2) is 12.2 Å². The van der Waals surface area contributed by atoms with Gasteiger partial charge in [0, 0.05) is 30.3 Å². The van der Waals surface area contributed by atoms with Gasteiger partial charge in [0.05, 0.1) is 30.5 Å². The first-order valence-corrected chi connectivity index (χ1v) is 16.7. The van der Waals surface area contributed by atoms with Crippen LogP contribution in [0, 0.1) is 23.7 Å². The second kappa shape index (κ2) is 14.0. The van der Waals surface area contributed by atoms with Crippen molar-refractivity contribution < 1.29 is 48.0 Å². The number of carbonyl (C=O) groups is 4. The van der Waals surface area contributed by atoms with Crippen LogP contribution < -0.4 is 0 Å². The molecule has 4 rings (SSSR count). The molecule has 0 aromatic carbocycles. The van der Waals surface area contributed by atoms with Crippen LogP contribution in [-0.2, 0) is 38.1 Å². The van der Waals surface area contributed by atoms with Gasteiger partial charge in [0.25, 0.3) is 0 Å². The number of esters is 1. The second-order valence-corrected chi connectivity index (χ2v) is 14.4. The molecule has 12 nitrogen and oxygen atoms in total. The third kappa shape index (κ3) is 6.78. The van der Waals surface area contributed by atoms with Crippen molar-refractivity contribution in [3.8, 4) is 0 Å². The monoisotopic (exact) mass is 650 g/mol. The number of carbonyl (C=O) groups excluding carboxylic acids is 4. The van der Waals surface area contributed by atoms with E-state index in [-0.39, 0.29) is 37.5 Å². The molecule has 13 atom stereocenters. The molecule has 0 saturated carbocycles. The van der Waals surface area contributed by atoms with E-state index in [4.69, 9.17) is 23.7 Å². The number of ether oxygens (including phenoxy) is 5. The van der Waals surface area contributed by atoms with Gasteiger partial charge in [0.2, 0.25) is 0 Å². The van der Waals surface area contributed by atoms with Crippen molar-refractivity contribution in [2.75, 3.05) is 27.2 Å². The largest absolute Gasteiger partial charge is 0.458 e. The molecule has 4 heterocycles. The molecule has 3 fully saturated rings. The van der Waals surface area contributed by atoms with E-state index in [0.29, 0.717) is 12.8 Å². The molecule has 12 heteroatoms. The highest BCUT2D eigenvalue weighted by atomic mass is 16.7. The number of likely N-dealkylation sites (N-methyl/N-ethyl adjacent to an activating group) is 1. The Kier molecular flexibility index (Phi) is 11.1. The minimum absolute atomic E-state index is 0.0958. The number of cyclic esters (lactones) is 1. The van der Waals surface area contributed by atoms with Crippen LogP contribution in [0.5, 0.6) is 0 Å². The molecule has 0 spiro atoms. The Morgan fingerprint density at radius 1 is 1.02 bits per heavy atom. The molecule has 0 aromatic rings. The third-order valence-corrected chi connectivity index (χ3v) is 10.7. The van der Waals surface area contributed by atoms with E-state index < -0.39 is 83.4 Å². The van der Waals surface area contributed by atoms with Crippen LogP contribution in [0.25, 0.3) is 0 Å². The molecule has 0 unspecified atom stereocenters. The number of hydrogen-bond acceptors (Lipinski definition) is 11. The summed E-state index contributed by atoms with van der Waals surface area (Å²) >= 11 is 0. The third-order valence-electron chi connectivity index (χ3n) is 10.7. The molecule has 0 aliphatic carbocycles. The van der Waals surface area contributed by atoms with Crippen LogP contribution in [0.4, 0.5) is 4.79 Å². The fraction of sp³-hybridized carbons (Fsp3) is 0.824. The summed E-state index contributed by atoms with van der Waals surface area (Å²) in [6.07, 6.45) is -0.293. The maximum absolute atomic E-state index is 14.3. The molecule has 4 aliphatic heterocycles. The topological polar surface area (TPSA) is 141 Å². The number of nitrogens with zero attached hydrogens (tertiary/aromatic N) is 2. The number of aliphatic hydroxyl groups excluding tert-OH is 1. The maximum atomic E-state index is 14.3. The quantitative estimate of drug-likeness (QED) is 0.273. The number of ketones is 2. The van der Waals surface area contributed by atoms with E-state index in [0.717, 1.165) is 0 Å². The Balaban J connectivity index is 1.87. The number of aliphatic hydroxyl groups is 1. The van der Waals surface area contributed by atoms with E-state index in [2.05, 4.69) is 0 Å². The smallest absolute Gasteiger partial charge is 0.411 e. The second-order valence-electron chi connectivity index (χ2n) is 14.4. The van der Waals surface area contributed by atoms with Gasteiger partial charge in [-0.15, -0.1) is 0 Å². The maximum Gasteiger partial charge on any atom is 0.411 e. The summed E-state index contributed by atoms with van der Waals surface area (Å²) in [5.41, 5.74) is -2.58. The Morgan fingerprint density at radius 2 is 1.70 bits per heavy atom. The first-order chi connectivity index (χ1) is 21.5. The zero-order valence-electron chi connectivity index (χ0n) is 29.1. The normalized spacial score (nSPS) is 45.3. The molecule has 1 N–H and O–H groups in total. The van der Waals surface area contributed by atoms with Gasteiger partial charge in [-0.25, -0.2) is 4.79 Å². The zero-order chi connectivity index (χ0) is 34.3. The van der Waals surface area contributed by atoms with Crippen molar-refractivity contribution in [2.45, 2.75) is 129 Å². The molecular formula is C34H54N2O10. The lowest BCUT2D eigenvalue weighted by molar-refractivity contribution is -0.296. The lowest BCUT2D eigenvalue weighted by Gasteiger charge is -2.47. The molecule has 1 amide bonds. The van der Waals surface area contributed by atoms with Crippen LogP contribution in [0.2, 0.25) is 0 Å². The van der Waals surface area contributed by atoms with Gasteiger partial charge in [-0.05, 0) is 61.1 Å². The SMILES string of the molecule is CC[C@H]1OC(=O)[C@H](C)C(=O)[C@H](C)[C@@H](O[C@@H]2O[C@H](C)C[C@H](N(C)C)[C@H]2O)[C@@]2(C)C[C@H](C)C(=O)[C@H](C)[C@@H]3N(C/C=C\CO2)C(=O)O[C@@]31C. The highest BCUT2D eigenvalue weighted by Gasteiger charge is 2.60. The van der Waals surface area contributed by atoms with Gasteiger partial charge >= 0.3 is 12.1 Å². The van der Waals surface area contributed by atoms with Crippen molar-refractivity contribution in [1.82, 2.24) is 9.80 Å². The van der Waals surface area contributed by atoms with Gasteiger partial charge in [-0.2, -0.15) is 0 Å². The average Bonchev–Trinajstić information content (AvgIpc) is 3.25. The van der Waals surface area contributed by atoms with E-state index in [1.807, 2.05) is 39.8 Å². The van der Waals surface area contributed by atoms with Crippen LogP contribution in [-0.4, -0.2) is 120 Å². The molecular weight excluding hydrogens is 596 g/mol. The van der Waals surface area contributed by atoms with Gasteiger partial charge < -0.3 is 33.7 Å². The zero-order valence-corrected chi connectivity index (χ0v) is 29.1. The summed E-state index contributed by atoms with van der Waals surface area (Å²) in [5, 5.41) is 11.4. The van der Waals surface area contributed by atoms with Gasteiger partial charge in [-0.3, -0.25) is 19.3 Å². The first kappa shape index (κ1) is 36.5. The van der Waals surface area contributed by atoms with Crippen LogP contribution >= 0.6 is 0 Å². The fourth-order valence-electron chi connectivity index (χ4n) is 8.10. The van der Waals surface area contributed by atoms with E-state index in [9.17, 15) is 24.3 Å². The number of hydrogen-bond donors (Lipinski definition) is 1. The predicted molar refractivity (Wildman–Crippen MR) is 168 cm³/mol. The predicted octanol–water partition coefficient (Wildman–Crippen LogP) is 3.13. The minimum atomic E-state index is -1.34. The fourth-order valence-corrected chi connectivity index (χ4v) is 8.10. The summed E-state index contributed by atoms with van der Waals surface area (Å²) in [5.74, 6) is -4.73. The molecule has 4 aliphatic rings. The highest BCUT2D eigenvalue weighted by Crippen LogP contribution is 2.43. The van der Waals surface area contributed by atoms with Crippen molar-refractivity contribution in [2.24, 2.45) is 23.7 Å². The first-order valence-electron chi connectivity index (χ1n) is 16.7. The van der Waals surface area contributed by atoms with Crippen molar-refractivity contribution in [3.05, 3.63) is 12.2 Å². The summed E-state index contributed by atoms with van der Waals surface area (Å²) in [6, 6.07) is -1.000. The van der Waals surface area contributed by atoms with E-state index >= 15 is 0 Å². The lowest BCUT2D eigenvalue weighted by atomic mass is 9.73. The van der Waals surface area contributed by atoms with E-state index in [1.165, 1.54) is 11.8 Å². The Hall–Kier alpha value is -2.38. The number of amides is 1. The summed E-state index contributed by atoms with van der Waals surface area (Å²) in [6.45, 7) is 14.2. The number of fused-ring (bicyclic) bond motifs is 4. The van der Waals surface area contributed by atoms with Crippen LogP contribution in [0.3, 0.4) is 0 Å². The van der Waals surface area contributed by atoms with E-state index in [1.54, 1.807) is 39.8 Å². The molecule has 260 valence electrons. The highest BCUT2D eigenvalue weighted by molar-refractivity contribution is 6.00. The van der Waals surface area contributed by atoms with Gasteiger partial charge in [0.1, 0.15) is 23.9 Å².